The van der Waals surface area contributed by atoms with Crippen molar-refractivity contribution in [1.82, 2.24) is 4.31 Å². The number of para-hydroxylation sites is 2. The van der Waals surface area contributed by atoms with Crippen molar-refractivity contribution in [3.05, 3.63) is 145 Å². The molecule has 55 heavy (non-hydrogen) atoms. The number of likely N-dealkylation sites (N-methyl/N-ethyl adjacent to an activating group) is 2. The Hall–Kier alpha value is -5.00. The maximum Gasteiger partial charge on any atom is 0.291 e. The minimum absolute atomic E-state index is 0.127. The highest BCUT2D eigenvalue weighted by Crippen LogP contribution is 2.49. The highest BCUT2D eigenvalue weighted by molar-refractivity contribution is 7.97. The summed E-state index contributed by atoms with van der Waals surface area (Å²) in [5, 5.41) is 23.2. The summed E-state index contributed by atoms with van der Waals surface area (Å²) in [5.41, 5.74) is 11.0. The van der Waals surface area contributed by atoms with Gasteiger partial charge in [-0.25, -0.2) is 8.88 Å². The summed E-state index contributed by atoms with van der Waals surface area (Å²) in [6.45, 7) is 18.4. The van der Waals surface area contributed by atoms with Crippen molar-refractivity contribution < 1.29 is 14.4 Å². The van der Waals surface area contributed by atoms with Crippen LogP contribution in [0.1, 0.15) is 71.9 Å². The SMILES string of the molecule is CCN1C(=CC=C2CCC/C(=C\C=C3\N(CC)c4ccccc4C3(C)C)C2=[N+]2CCN(Sc3ccc([N+](=O)[O-])cc3[N+](=O)[O-])CC2)C(C)(C)c2ccccc21. The van der Waals surface area contributed by atoms with E-state index in [4.69, 9.17) is 0 Å². The van der Waals surface area contributed by atoms with Crippen molar-refractivity contribution in [3.63, 3.8) is 0 Å². The van der Waals surface area contributed by atoms with Gasteiger partial charge in [0.1, 0.15) is 4.90 Å². The highest BCUT2D eigenvalue weighted by atomic mass is 32.2. The summed E-state index contributed by atoms with van der Waals surface area (Å²) in [6.07, 6.45) is 12.5. The summed E-state index contributed by atoms with van der Waals surface area (Å²) < 4.78 is 4.65. The van der Waals surface area contributed by atoms with Gasteiger partial charge in [-0.15, -0.1) is 0 Å². The van der Waals surface area contributed by atoms with Crippen LogP contribution < -0.4 is 9.80 Å². The fourth-order valence-electron chi connectivity index (χ4n) is 8.95. The third-order valence-corrected chi connectivity index (χ3v) is 12.9. The van der Waals surface area contributed by atoms with Crippen molar-refractivity contribution >= 4 is 40.4 Å². The predicted octanol–water partition coefficient (Wildman–Crippen LogP) is 9.72. The molecule has 0 bridgehead atoms. The standard InChI is InChI=1S/C44H51N6O4S/c1-7-47-36-18-11-9-16-34(36)43(3,4)40(47)24-20-31-14-13-15-32(21-25-41-44(5,6)35-17-10-12-19-37(35)48(41)8-2)42(31)45-26-28-46(29-27-45)55-39-23-22-33(49(51)52)30-38(39)50(53)54/h9-12,16-25,30H,7-8,13-15,26-29H2,1-6H3/q+1. The van der Waals surface area contributed by atoms with Gasteiger partial charge in [-0.05, 0) is 86.5 Å². The Morgan fingerprint density at radius 2 is 1.24 bits per heavy atom. The molecule has 3 aromatic rings. The van der Waals surface area contributed by atoms with Crippen molar-refractivity contribution in [2.75, 3.05) is 49.1 Å². The molecule has 10 nitrogen and oxygen atoms in total. The molecule has 3 heterocycles. The van der Waals surface area contributed by atoms with E-state index in [1.165, 1.54) is 74.8 Å². The largest absolute Gasteiger partial charge is 0.344 e. The second-order valence-corrected chi connectivity index (χ2v) is 16.8. The van der Waals surface area contributed by atoms with Crippen LogP contribution in [0.4, 0.5) is 22.7 Å². The lowest BCUT2D eigenvalue weighted by molar-refractivity contribution is -0.536. The Morgan fingerprint density at radius 3 is 1.71 bits per heavy atom. The van der Waals surface area contributed by atoms with Gasteiger partial charge in [0.2, 0.25) is 5.71 Å². The molecule has 0 atom stereocenters. The Labute approximate surface area is 328 Å². The van der Waals surface area contributed by atoms with E-state index in [0.29, 0.717) is 18.0 Å². The second kappa shape index (κ2) is 15.3. The fourth-order valence-corrected chi connectivity index (χ4v) is 9.93. The van der Waals surface area contributed by atoms with E-state index < -0.39 is 9.85 Å². The topological polar surface area (TPSA) is 99.0 Å². The van der Waals surface area contributed by atoms with Crippen LogP contribution >= 0.6 is 11.9 Å². The number of hydrogen-bond donors (Lipinski definition) is 0. The highest BCUT2D eigenvalue weighted by Gasteiger charge is 2.41. The zero-order valence-corrected chi connectivity index (χ0v) is 33.6. The number of hydrogen-bond acceptors (Lipinski definition) is 8. The van der Waals surface area contributed by atoms with Crippen LogP contribution in [0, 0.1) is 20.2 Å². The number of nitro groups is 2. The molecule has 0 amide bonds. The summed E-state index contributed by atoms with van der Waals surface area (Å²) in [5.74, 6) is 0. The van der Waals surface area contributed by atoms with Gasteiger partial charge in [0, 0.05) is 63.9 Å². The number of rotatable bonds is 8. The monoisotopic (exact) mass is 759 g/mol. The summed E-state index contributed by atoms with van der Waals surface area (Å²) in [6, 6.07) is 21.4. The van der Waals surface area contributed by atoms with Crippen molar-refractivity contribution in [2.45, 2.75) is 76.5 Å². The molecular weight excluding hydrogens is 709 g/mol. The number of anilines is 2. The minimum atomic E-state index is -0.595. The first-order valence-electron chi connectivity index (χ1n) is 19.4. The molecule has 3 aliphatic heterocycles. The van der Waals surface area contributed by atoms with E-state index in [1.807, 2.05) is 0 Å². The number of non-ortho nitro benzene ring substituents is 1. The summed E-state index contributed by atoms with van der Waals surface area (Å²) in [7, 11) is 0. The predicted molar refractivity (Wildman–Crippen MR) is 223 cm³/mol. The number of allylic oxidation sites excluding steroid dienone is 8. The van der Waals surface area contributed by atoms with Crippen LogP contribution in [0.3, 0.4) is 0 Å². The zero-order chi connectivity index (χ0) is 39.1. The lowest BCUT2D eigenvalue weighted by Gasteiger charge is -2.28. The van der Waals surface area contributed by atoms with Crippen molar-refractivity contribution in [1.29, 1.82) is 0 Å². The molecule has 2 fully saturated rings. The van der Waals surface area contributed by atoms with Crippen LogP contribution in [0.5, 0.6) is 0 Å². The van der Waals surface area contributed by atoms with Crippen molar-refractivity contribution in [2.24, 2.45) is 0 Å². The molecule has 0 N–H and O–H groups in total. The van der Waals surface area contributed by atoms with E-state index in [2.05, 4.69) is 133 Å². The summed E-state index contributed by atoms with van der Waals surface area (Å²) >= 11 is 1.31. The normalized spacial score (nSPS) is 22.2. The van der Waals surface area contributed by atoms with Crippen LogP contribution in [0.25, 0.3) is 0 Å². The average molecular weight is 760 g/mol. The second-order valence-electron chi connectivity index (χ2n) is 15.6. The van der Waals surface area contributed by atoms with Gasteiger partial charge in [0.25, 0.3) is 11.4 Å². The summed E-state index contributed by atoms with van der Waals surface area (Å²) in [4.78, 5) is 27.4. The van der Waals surface area contributed by atoms with E-state index in [1.54, 1.807) is 0 Å². The third kappa shape index (κ3) is 7.04. The minimum Gasteiger partial charge on any atom is -0.344 e. The molecule has 286 valence electrons. The molecule has 7 rings (SSSR count). The van der Waals surface area contributed by atoms with Crippen LogP contribution in [-0.2, 0) is 10.8 Å². The molecule has 3 aromatic carbocycles. The average Bonchev–Trinajstić information content (AvgIpc) is 3.54. The molecule has 1 aliphatic carbocycles. The third-order valence-electron chi connectivity index (χ3n) is 11.7. The molecule has 1 saturated carbocycles. The first-order valence-corrected chi connectivity index (χ1v) is 20.2. The van der Waals surface area contributed by atoms with Gasteiger partial charge in [0.15, 0.2) is 13.1 Å². The zero-order valence-electron chi connectivity index (χ0n) is 32.7. The lowest BCUT2D eigenvalue weighted by Crippen LogP contribution is -2.42. The Kier molecular flexibility index (Phi) is 10.6. The number of piperazine rings is 1. The van der Waals surface area contributed by atoms with Crippen LogP contribution in [-0.4, -0.2) is 63.7 Å². The first kappa shape index (κ1) is 38.3. The van der Waals surface area contributed by atoms with Gasteiger partial charge < -0.3 is 9.80 Å². The number of fused-ring (bicyclic) bond motifs is 2. The van der Waals surface area contributed by atoms with Gasteiger partial charge in [-0.2, -0.15) is 0 Å². The van der Waals surface area contributed by atoms with Crippen LogP contribution in [0.15, 0.2) is 118 Å². The number of nitro benzene ring substituents is 2. The molecule has 0 unspecified atom stereocenters. The van der Waals surface area contributed by atoms with Crippen LogP contribution in [0.2, 0.25) is 0 Å². The maximum atomic E-state index is 11.9. The quantitative estimate of drug-likeness (QED) is 0.0970. The van der Waals surface area contributed by atoms with Crippen molar-refractivity contribution in [3.8, 4) is 0 Å². The lowest BCUT2D eigenvalue weighted by atomic mass is 9.82. The number of nitrogens with zero attached hydrogens (tertiary/aromatic N) is 6. The van der Waals surface area contributed by atoms with E-state index in [-0.39, 0.29) is 22.2 Å². The molecule has 0 spiro atoms. The van der Waals surface area contributed by atoms with E-state index in [0.717, 1.165) is 51.5 Å². The fraction of sp³-hybridized carbons (Fsp3) is 0.386. The Balaban J connectivity index is 1.26. The molecule has 1 saturated heterocycles. The molecule has 0 aromatic heterocycles. The Bertz CT molecular complexity index is 2090. The smallest absolute Gasteiger partial charge is 0.291 e. The molecule has 11 heteroatoms. The van der Waals surface area contributed by atoms with E-state index >= 15 is 0 Å². The van der Waals surface area contributed by atoms with Gasteiger partial charge in [0.05, 0.1) is 29.0 Å². The van der Waals surface area contributed by atoms with Gasteiger partial charge >= 0.3 is 0 Å². The Morgan fingerprint density at radius 1 is 0.727 bits per heavy atom. The molecule has 0 radical (unpaired) electrons. The molecule has 4 aliphatic rings. The van der Waals surface area contributed by atoms with E-state index in [9.17, 15) is 20.2 Å². The van der Waals surface area contributed by atoms with Gasteiger partial charge in [-0.1, -0.05) is 76.2 Å². The van der Waals surface area contributed by atoms with Gasteiger partial charge in [-0.3, -0.25) is 20.2 Å². The first-order chi connectivity index (χ1) is 26.4. The number of benzene rings is 3. The molecular formula is C44H51N6O4S+. The maximum absolute atomic E-state index is 11.9.